The van der Waals surface area contributed by atoms with Crippen molar-refractivity contribution < 1.29 is 22.3 Å². The second kappa shape index (κ2) is 6.75. The van der Waals surface area contributed by atoms with Gasteiger partial charge in [-0.2, -0.15) is 13.2 Å². The highest BCUT2D eigenvalue weighted by molar-refractivity contribution is 5.31. The number of halogens is 4. The lowest BCUT2D eigenvalue weighted by atomic mass is 10.1. The molecule has 0 aromatic heterocycles. The van der Waals surface area contributed by atoms with E-state index < -0.39 is 18.4 Å². The first-order valence-corrected chi connectivity index (χ1v) is 5.97. The lowest BCUT2D eigenvalue weighted by Gasteiger charge is -2.15. The van der Waals surface area contributed by atoms with Crippen LogP contribution in [-0.4, -0.2) is 19.8 Å². The summed E-state index contributed by atoms with van der Waals surface area (Å²) >= 11 is 0. The van der Waals surface area contributed by atoms with Gasteiger partial charge in [-0.15, -0.1) is 0 Å². The van der Waals surface area contributed by atoms with Gasteiger partial charge in [0.2, 0.25) is 0 Å². The summed E-state index contributed by atoms with van der Waals surface area (Å²) in [5.74, 6) is -0.336. The Balaban J connectivity index is 2.47. The van der Waals surface area contributed by atoms with Gasteiger partial charge in [-0.05, 0) is 37.6 Å². The fraction of sp³-hybridized carbons (Fsp3) is 0.538. The molecule has 0 radical (unpaired) electrons. The molecule has 0 saturated heterocycles. The van der Waals surface area contributed by atoms with Crippen molar-refractivity contribution in [2.45, 2.75) is 32.0 Å². The number of rotatable bonds is 6. The van der Waals surface area contributed by atoms with Gasteiger partial charge in [0.05, 0.1) is 7.11 Å². The van der Waals surface area contributed by atoms with E-state index in [1.807, 2.05) is 0 Å². The quantitative estimate of drug-likeness (QED) is 0.631. The fourth-order valence-electron chi connectivity index (χ4n) is 1.67. The lowest BCUT2D eigenvalue weighted by Crippen LogP contribution is -2.21. The topological polar surface area (TPSA) is 21.3 Å². The molecule has 108 valence electrons. The smallest absolute Gasteiger partial charge is 0.389 e. The van der Waals surface area contributed by atoms with Gasteiger partial charge in [0, 0.05) is 12.5 Å². The van der Waals surface area contributed by atoms with Crippen LogP contribution in [0.25, 0.3) is 0 Å². The number of benzene rings is 1. The summed E-state index contributed by atoms with van der Waals surface area (Å²) in [5, 5.41) is 2.96. The van der Waals surface area contributed by atoms with E-state index in [0.717, 1.165) is 5.56 Å². The molecule has 0 fully saturated rings. The highest BCUT2D eigenvalue weighted by Gasteiger charge is 2.25. The molecule has 1 N–H and O–H groups in total. The molecule has 0 amide bonds. The van der Waals surface area contributed by atoms with E-state index in [1.54, 1.807) is 13.0 Å². The van der Waals surface area contributed by atoms with Gasteiger partial charge < -0.3 is 10.1 Å². The van der Waals surface area contributed by atoms with Crippen LogP contribution in [0.5, 0.6) is 5.75 Å². The maximum atomic E-state index is 13.2. The SMILES string of the molecule is COc1cc(C(C)NCCCC(F)(F)F)ccc1F. The maximum absolute atomic E-state index is 13.2. The van der Waals surface area contributed by atoms with Crippen LogP contribution in [0.3, 0.4) is 0 Å². The van der Waals surface area contributed by atoms with E-state index in [2.05, 4.69) is 5.32 Å². The van der Waals surface area contributed by atoms with Crippen molar-refractivity contribution in [2.24, 2.45) is 0 Å². The molecule has 1 aromatic rings. The molecule has 0 aliphatic carbocycles. The highest BCUT2D eigenvalue weighted by atomic mass is 19.4. The van der Waals surface area contributed by atoms with Gasteiger partial charge in [0.1, 0.15) is 0 Å². The van der Waals surface area contributed by atoms with Crippen molar-refractivity contribution in [3.05, 3.63) is 29.6 Å². The largest absolute Gasteiger partial charge is 0.494 e. The van der Waals surface area contributed by atoms with Crippen molar-refractivity contribution in [2.75, 3.05) is 13.7 Å². The normalized spacial score (nSPS) is 13.4. The molecule has 1 atom stereocenters. The number of methoxy groups -OCH3 is 1. The molecule has 0 aliphatic rings. The van der Waals surface area contributed by atoms with E-state index in [9.17, 15) is 17.6 Å². The van der Waals surface area contributed by atoms with Gasteiger partial charge >= 0.3 is 6.18 Å². The molecule has 0 bridgehead atoms. The standard InChI is InChI=1S/C13H17F4NO/c1-9(18-7-3-6-13(15,16)17)10-4-5-11(14)12(8-10)19-2/h4-5,8-9,18H,3,6-7H2,1-2H3. The average Bonchev–Trinajstić information content (AvgIpc) is 2.33. The molecule has 0 spiro atoms. The Bertz CT molecular complexity index is 406. The number of ether oxygens (including phenoxy) is 1. The second-order valence-corrected chi connectivity index (χ2v) is 4.29. The van der Waals surface area contributed by atoms with Crippen LogP contribution in [0, 0.1) is 5.82 Å². The lowest BCUT2D eigenvalue weighted by molar-refractivity contribution is -0.135. The molecule has 1 unspecified atom stereocenters. The van der Waals surface area contributed by atoms with E-state index in [4.69, 9.17) is 4.74 Å². The predicted octanol–water partition coefficient (Wildman–Crippen LogP) is 3.83. The van der Waals surface area contributed by atoms with E-state index in [-0.39, 0.29) is 24.8 Å². The van der Waals surface area contributed by atoms with Gasteiger partial charge in [-0.25, -0.2) is 4.39 Å². The molecule has 2 nitrogen and oxygen atoms in total. The Hall–Kier alpha value is -1.30. The highest BCUT2D eigenvalue weighted by Crippen LogP contribution is 2.23. The van der Waals surface area contributed by atoms with Crippen molar-refractivity contribution in [1.29, 1.82) is 0 Å². The zero-order chi connectivity index (χ0) is 14.5. The minimum atomic E-state index is -4.12. The molecule has 1 rings (SSSR count). The molecule has 0 heterocycles. The first-order valence-electron chi connectivity index (χ1n) is 5.97. The summed E-state index contributed by atoms with van der Waals surface area (Å²) in [5.41, 5.74) is 0.769. The van der Waals surface area contributed by atoms with Gasteiger partial charge in [-0.3, -0.25) is 0 Å². The first kappa shape index (κ1) is 15.8. The fourth-order valence-corrected chi connectivity index (χ4v) is 1.67. The maximum Gasteiger partial charge on any atom is 0.389 e. The Morgan fingerprint density at radius 3 is 2.58 bits per heavy atom. The molecular weight excluding hydrogens is 262 g/mol. The van der Waals surface area contributed by atoms with Gasteiger partial charge in [-0.1, -0.05) is 6.07 Å². The Morgan fingerprint density at radius 2 is 2.00 bits per heavy atom. The summed E-state index contributed by atoms with van der Waals surface area (Å²) in [7, 11) is 1.36. The molecule has 6 heteroatoms. The summed E-state index contributed by atoms with van der Waals surface area (Å²) in [6.07, 6.45) is -4.91. The van der Waals surface area contributed by atoms with Gasteiger partial charge in [0.25, 0.3) is 0 Å². The first-order chi connectivity index (χ1) is 8.83. The third-order valence-electron chi connectivity index (χ3n) is 2.76. The van der Waals surface area contributed by atoms with Crippen molar-refractivity contribution in [1.82, 2.24) is 5.32 Å². The minimum Gasteiger partial charge on any atom is -0.494 e. The van der Waals surface area contributed by atoms with Crippen LogP contribution >= 0.6 is 0 Å². The van der Waals surface area contributed by atoms with E-state index in [1.165, 1.54) is 19.2 Å². The number of hydrogen-bond donors (Lipinski definition) is 1. The molecule has 1 aromatic carbocycles. The van der Waals surface area contributed by atoms with Crippen LogP contribution in [0.15, 0.2) is 18.2 Å². The zero-order valence-corrected chi connectivity index (χ0v) is 10.9. The summed E-state index contributed by atoms with van der Waals surface area (Å²) in [6, 6.07) is 4.24. The van der Waals surface area contributed by atoms with Crippen molar-refractivity contribution in [3.63, 3.8) is 0 Å². The Kier molecular flexibility index (Phi) is 5.60. The Morgan fingerprint density at radius 1 is 1.32 bits per heavy atom. The predicted molar refractivity (Wildman–Crippen MR) is 64.7 cm³/mol. The summed E-state index contributed by atoms with van der Waals surface area (Å²) in [4.78, 5) is 0. The van der Waals surface area contributed by atoms with E-state index in [0.29, 0.717) is 0 Å². The van der Waals surface area contributed by atoms with Crippen LogP contribution in [0.4, 0.5) is 17.6 Å². The minimum absolute atomic E-state index is 0.0200. The zero-order valence-electron chi connectivity index (χ0n) is 10.9. The van der Waals surface area contributed by atoms with Crippen LogP contribution in [-0.2, 0) is 0 Å². The number of nitrogens with one attached hydrogen (secondary N) is 1. The summed E-state index contributed by atoms with van der Waals surface area (Å²) < 4.78 is 53.9. The molecule has 0 saturated carbocycles. The Labute approximate surface area is 109 Å². The third kappa shape index (κ3) is 5.46. The third-order valence-corrected chi connectivity index (χ3v) is 2.76. The number of hydrogen-bond acceptors (Lipinski definition) is 2. The van der Waals surface area contributed by atoms with Crippen LogP contribution < -0.4 is 10.1 Å². The molecular formula is C13H17F4NO. The molecule has 19 heavy (non-hydrogen) atoms. The average molecular weight is 279 g/mol. The monoisotopic (exact) mass is 279 g/mol. The van der Waals surface area contributed by atoms with Crippen molar-refractivity contribution in [3.8, 4) is 5.75 Å². The number of alkyl halides is 3. The van der Waals surface area contributed by atoms with Crippen LogP contribution in [0.2, 0.25) is 0 Å². The van der Waals surface area contributed by atoms with Crippen molar-refractivity contribution >= 4 is 0 Å². The van der Waals surface area contributed by atoms with Crippen LogP contribution in [0.1, 0.15) is 31.4 Å². The van der Waals surface area contributed by atoms with E-state index >= 15 is 0 Å². The summed E-state index contributed by atoms with van der Waals surface area (Å²) in [6.45, 7) is 2.06. The second-order valence-electron chi connectivity index (χ2n) is 4.29. The molecule has 0 aliphatic heterocycles. The van der Waals surface area contributed by atoms with Gasteiger partial charge in [0.15, 0.2) is 11.6 Å².